The molecule has 2 heterocycles. The lowest BCUT2D eigenvalue weighted by Gasteiger charge is -2.45. The van der Waals surface area contributed by atoms with Crippen LogP contribution in [0.2, 0.25) is 0 Å². The van der Waals surface area contributed by atoms with Crippen LogP contribution in [0.25, 0.3) is 0 Å². The Bertz CT molecular complexity index is 1110. The number of rotatable bonds is 4. The third kappa shape index (κ3) is 3.98. The number of halogens is 2. The molecular formula is C26H25F2N3O. The van der Waals surface area contributed by atoms with Gasteiger partial charge in [0, 0.05) is 36.9 Å². The van der Waals surface area contributed by atoms with Crippen LogP contribution < -0.4 is 5.32 Å². The van der Waals surface area contributed by atoms with Crippen molar-refractivity contribution in [1.29, 1.82) is 0 Å². The van der Waals surface area contributed by atoms with Gasteiger partial charge in [0.05, 0.1) is 5.56 Å². The fourth-order valence-electron chi connectivity index (χ4n) is 4.79. The first-order valence-electron chi connectivity index (χ1n) is 11.0. The summed E-state index contributed by atoms with van der Waals surface area (Å²) in [4.78, 5) is 17.6. The number of carbonyl (C=O) groups is 1. The number of benzene rings is 3. The lowest BCUT2D eigenvalue weighted by Crippen LogP contribution is -2.52. The number of nitrogens with one attached hydrogen (secondary N) is 1. The molecule has 3 aromatic rings. The highest BCUT2D eigenvalue weighted by Crippen LogP contribution is 2.37. The lowest BCUT2D eigenvalue weighted by atomic mass is 9.96. The van der Waals surface area contributed by atoms with Crippen LogP contribution in [0.4, 0.5) is 14.5 Å². The molecule has 1 atom stereocenters. The minimum atomic E-state index is -0.632. The average Bonchev–Trinajstić information content (AvgIpc) is 2.81. The van der Waals surface area contributed by atoms with Gasteiger partial charge < -0.3 is 10.2 Å². The molecule has 0 aliphatic carbocycles. The summed E-state index contributed by atoms with van der Waals surface area (Å²) in [5.74, 6) is -1.08. The zero-order valence-corrected chi connectivity index (χ0v) is 17.7. The van der Waals surface area contributed by atoms with E-state index >= 15 is 0 Å². The second-order valence-corrected chi connectivity index (χ2v) is 8.46. The smallest absolute Gasteiger partial charge is 0.258 e. The van der Waals surface area contributed by atoms with E-state index in [1.165, 1.54) is 23.8 Å². The Labute approximate surface area is 186 Å². The fraction of sp³-hybridized carbons (Fsp3) is 0.269. The van der Waals surface area contributed by atoms with E-state index in [-0.39, 0.29) is 17.8 Å². The molecule has 32 heavy (non-hydrogen) atoms. The topological polar surface area (TPSA) is 35.6 Å². The van der Waals surface area contributed by atoms with Crippen molar-refractivity contribution in [2.75, 3.05) is 18.4 Å². The number of fused-ring (bicyclic) bond motifs is 1. The van der Waals surface area contributed by atoms with Crippen molar-refractivity contribution < 1.29 is 13.6 Å². The predicted octanol–water partition coefficient (Wildman–Crippen LogP) is 5.20. The van der Waals surface area contributed by atoms with Crippen molar-refractivity contribution >= 4 is 11.6 Å². The molecule has 4 nitrogen and oxygen atoms in total. The molecule has 0 saturated carbocycles. The maximum atomic E-state index is 14.7. The van der Waals surface area contributed by atoms with E-state index in [1.807, 2.05) is 18.2 Å². The number of anilines is 1. The first kappa shape index (κ1) is 20.6. The largest absolute Gasteiger partial charge is 0.361 e. The minimum absolute atomic E-state index is 0.0666. The Morgan fingerprint density at radius 3 is 2.38 bits per heavy atom. The van der Waals surface area contributed by atoms with Crippen molar-refractivity contribution in [3.8, 4) is 0 Å². The molecular weight excluding hydrogens is 408 g/mol. The maximum absolute atomic E-state index is 14.7. The fourth-order valence-corrected chi connectivity index (χ4v) is 4.79. The van der Waals surface area contributed by atoms with Crippen molar-refractivity contribution in [1.82, 2.24) is 9.80 Å². The third-order valence-corrected chi connectivity index (χ3v) is 6.42. The molecule has 5 rings (SSSR count). The Hall–Kier alpha value is -3.25. The molecule has 164 valence electrons. The van der Waals surface area contributed by atoms with Crippen molar-refractivity contribution in [3.05, 3.63) is 101 Å². The summed E-state index contributed by atoms with van der Waals surface area (Å²) in [6.45, 7) is 2.54. The first-order valence-corrected chi connectivity index (χ1v) is 11.0. The van der Waals surface area contributed by atoms with Gasteiger partial charge in [0.1, 0.15) is 17.8 Å². The summed E-state index contributed by atoms with van der Waals surface area (Å²) in [6.07, 6.45) is 0.915. The highest BCUT2D eigenvalue weighted by atomic mass is 19.1. The molecule has 2 aliphatic rings. The SMILES string of the molecule is O=C1c2cc(F)ccc2NC(c2ccccc2F)N1C1CCN(Cc2ccccc2)CC1. The van der Waals surface area contributed by atoms with Gasteiger partial charge in [0.25, 0.3) is 5.91 Å². The normalized spacial score (nSPS) is 19.5. The predicted molar refractivity (Wildman–Crippen MR) is 120 cm³/mol. The van der Waals surface area contributed by atoms with Gasteiger partial charge in [-0.1, -0.05) is 48.5 Å². The van der Waals surface area contributed by atoms with Crippen LogP contribution in [0.1, 0.15) is 40.5 Å². The zero-order valence-electron chi connectivity index (χ0n) is 17.7. The van der Waals surface area contributed by atoms with E-state index in [0.29, 0.717) is 16.8 Å². The highest BCUT2D eigenvalue weighted by Gasteiger charge is 2.39. The van der Waals surface area contributed by atoms with E-state index in [4.69, 9.17) is 0 Å². The van der Waals surface area contributed by atoms with E-state index in [2.05, 4.69) is 22.3 Å². The van der Waals surface area contributed by atoms with Gasteiger partial charge in [0.15, 0.2) is 0 Å². The molecule has 1 fully saturated rings. The number of nitrogens with zero attached hydrogens (tertiary/aromatic N) is 2. The second-order valence-electron chi connectivity index (χ2n) is 8.46. The summed E-state index contributed by atoms with van der Waals surface area (Å²) in [5.41, 5.74) is 2.50. The van der Waals surface area contributed by atoms with E-state index in [1.54, 1.807) is 29.2 Å². The number of likely N-dealkylation sites (tertiary alicyclic amines) is 1. The van der Waals surface area contributed by atoms with Crippen LogP contribution in [0.5, 0.6) is 0 Å². The Morgan fingerprint density at radius 1 is 0.906 bits per heavy atom. The van der Waals surface area contributed by atoms with Crippen LogP contribution in [0.3, 0.4) is 0 Å². The summed E-state index contributed by atoms with van der Waals surface area (Å²) in [5, 5.41) is 3.29. The van der Waals surface area contributed by atoms with Gasteiger partial charge in [-0.15, -0.1) is 0 Å². The van der Waals surface area contributed by atoms with Crippen LogP contribution in [0, 0.1) is 11.6 Å². The second kappa shape index (κ2) is 8.71. The number of amides is 1. The molecule has 1 N–H and O–H groups in total. The third-order valence-electron chi connectivity index (χ3n) is 6.42. The Morgan fingerprint density at radius 2 is 1.62 bits per heavy atom. The molecule has 1 saturated heterocycles. The van der Waals surface area contributed by atoms with Gasteiger partial charge >= 0.3 is 0 Å². The van der Waals surface area contributed by atoms with E-state index in [9.17, 15) is 13.6 Å². The van der Waals surface area contributed by atoms with Crippen LogP contribution in [-0.4, -0.2) is 34.8 Å². The molecule has 0 aromatic heterocycles. The van der Waals surface area contributed by atoms with Gasteiger partial charge in [-0.2, -0.15) is 0 Å². The monoisotopic (exact) mass is 433 g/mol. The number of piperidine rings is 1. The number of hydrogen-bond donors (Lipinski definition) is 1. The van der Waals surface area contributed by atoms with Crippen LogP contribution >= 0.6 is 0 Å². The van der Waals surface area contributed by atoms with Gasteiger partial charge in [-0.05, 0) is 42.7 Å². The van der Waals surface area contributed by atoms with E-state index < -0.39 is 12.0 Å². The van der Waals surface area contributed by atoms with Crippen LogP contribution in [0.15, 0.2) is 72.8 Å². The molecule has 0 radical (unpaired) electrons. The number of hydrogen-bond acceptors (Lipinski definition) is 3. The molecule has 6 heteroatoms. The first-order chi connectivity index (χ1) is 15.6. The molecule has 3 aromatic carbocycles. The molecule has 1 amide bonds. The summed E-state index contributed by atoms with van der Waals surface area (Å²) < 4.78 is 28.7. The summed E-state index contributed by atoms with van der Waals surface area (Å²) in [7, 11) is 0. The zero-order chi connectivity index (χ0) is 22.1. The number of carbonyl (C=O) groups excluding carboxylic acids is 1. The van der Waals surface area contributed by atoms with Gasteiger partial charge in [0.2, 0.25) is 0 Å². The Kier molecular flexibility index (Phi) is 5.62. The molecule has 0 spiro atoms. The Balaban J connectivity index is 1.41. The van der Waals surface area contributed by atoms with Crippen molar-refractivity contribution in [3.63, 3.8) is 0 Å². The minimum Gasteiger partial charge on any atom is -0.361 e. The molecule has 0 bridgehead atoms. The quantitative estimate of drug-likeness (QED) is 0.615. The van der Waals surface area contributed by atoms with E-state index in [0.717, 1.165) is 32.5 Å². The average molecular weight is 434 g/mol. The summed E-state index contributed by atoms with van der Waals surface area (Å²) >= 11 is 0. The summed E-state index contributed by atoms with van der Waals surface area (Å²) in [6, 6.07) is 20.9. The van der Waals surface area contributed by atoms with Crippen molar-refractivity contribution in [2.24, 2.45) is 0 Å². The molecule has 1 unspecified atom stereocenters. The van der Waals surface area contributed by atoms with Crippen LogP contribution in [-0.2, 0) is 6.54 Å². The van der Waals surface area contributed by atoms with Gasteiger partial charge in [-0.3, -0.25) is 9.69 Å². The maximum Gasteiger partial charge on any atom is 0.258 e. The van der Waals surface area contributed by atoms with Crippen molar-refractivity contribution in [2.45, 2.75) is 31.6 Å². The highest BCUT2D eigenvalue weighted by molar-refractivity contribution is 6.02. The standard InChI is InChI=1S/C26H25F2N3O/c27-19-10-11-24-22(16-19)26(32)31(25(29-24)21-8-4-5-9-23(21)28)20-12-14-30(15-13-20)17-18-6-2-1-3-7-18/h1-11,16,20,25,29H,12-15,17H2. The molecule has 2 aliphatic heterocycles. The van der Waals surface area contributed by atoms with Gasteiger partial charge in [-0.25, -0.2) is 8.78 Å². The lowest BCUT2D eigenvalue weighted by molar-refractivity contribution is 0.0440.